The van der Waals surface area contributed by atoms with Gasteiger partial charge in [-0.2, -0.15) is 0 Å². The number of rotatable bonds is 9. The third kappa shape index (κ3) is 7.46. The molecule has 8 heteroatoms. The number of benzene rings is 9. The van der Waals surface area contributed by atoms with Crippen LogP contribution in [-0.4, -0.2) is 38.9 Å². The van der Waals surface area contributed by atoms with Gasteiger partial charge in [0, 0.05) is 39.1 Å². The maximum absolute atomic E-state index is 5.28. The highest BCUT2D eigenvalue weighted by Crippen LogP contribution is 2.36. The smallest absolute Gasteiger partial charge is 0.220 e. The molecule has 0 radical (unpaired) electrons. The van der Waals surface area contributed by atoms with Crippen LogP contribution in [0.5, 0.6) is 0 Å². The molecule has 0 atom stereocenters. The van der Waals surface area contributed by atoms with Gasteiger partial charge in [0.05, 0.1) is 33.5 Å². The van der Waals surface area contributed by atoms with Crippen LogP contribution in [0.15, 0.2) is 243 Å². The van der Waals surface area contributed by atoms with Crippen LogP contribution in [-0.2, 0) is 0 Å². The molecule has 9 aromatic carbocycles. The Kier molecular flexibility index (Phi) is 9.98. The summed E-state index contributed by atoms with van der Waals surface area (Å²) in [7, 11) is 0. The van der Waals surface area contributed by atoms with Gasteiger partial charge in [0.25, 0.3) is 0 Å². The number of hydrogen-bond acceptors (Lipinski definition) is 6. The quantitative estimate of drug-likeness (QED) is 0.143. The predicted molar refractivity (Wildman–Crippen MR) is 282 cm³/mol. The normalized spacial score (nSPS) is 11.4. The second-order valence-electron chi connectivity index (χ2n) is 17.2. The molecule has 0 N–H and O–H groups in total. The van der Waals surface area contributed by atoms with Gasteiger partial charge < -0.3 is 0 Å². The third-order valence-corrected chi connectivity index (χ3v) is 12.8. The molecule has 0 amide bonds. The van der Waals surface area contributed by atoms with E-state index in [0.29, 0.717) is 23.3 Å². The largest absolute Gasteiger partial charge is 0.278 e. The number of hydrogen-bond donors (Lipinski definition) is 0. The van der Waals surface area contributed by atoms with Crippen molar-refractivity contribution in [2.24, 2.45) is 0 Å². The summed E-state index contributed by atoms with van der Waals surface area (Å²) in [5, 5.41) is 0. The highest BCUT2D eigenvalue weighted by Gasteiger charge is 2.20. The van der Waals surface area contributed by atoms with Gasteiger partial charge in [-0.05, 0) is 64.7 Å². The van der Waals surface area contributed by atoms with Crippen LogP contribution in [0.3, 0.4) is 0 Å². The Balaban J connectivity index is 0.886. The van der Waals surface area contributed by atoms with Crippen LogP contribution in [0, 0.1) is 0 Å². The average molecular weight is 897 g/mol. The van der Waals surface area contributed by atoms with Crippen LogP contribution in [0.2, 0.25) is 0 Å². The molecule has 13 rings (SSSR count). The molecule has 0 spiro atoms. The van der Waals surface area contributed by atoms with Crippen molar-refractivity contribution in [2.75, 3.05) is 0 Å². The predicted octanol–water partition coefficient (Wildman–Crippen LogP) is 14.7. The first kappa shape index (κ1) is 40.6. The first-order chi connectivity index (χ1) is 34.7. The molecule has 0 fully saturated rings. The fourth-order valence-electron chi connectivity index (χ4n) is 9.29. The van der Waals surface area contributed by atoms with Gasteiger partial charge in [0.1, 0.15) is 0 Å². The second kappa shape index (κ2) is 17.2. The third-order valence-electron chi connectivity index (χ3n) is 12.8. The Labute approximate surface area is 403 Å². The van der Waals surface area contributed by atoms with E-state index in [9.17, 15) is 0 Å². The number of aromatic nitrogens is 8. The summed E-state index contributed by atoms with van der Waals surface area (Å²) in [6.45, 7) is 0. The minimum atomic E-state index is 0.620. The lowest BCUT2D eigenvalue weighted by Crippen LogP contribution is -2.00. The van der Waals surface area contributed by atoms with Crippen molar-refractivity contribution in [3.8, 4) is 96.0 Å². The SMILES string of the molecule is c1ccc(-c2cc(-c3ccccc3)nc(-c3ccc(-c4ccc5c(c4)n4c6cc(-c7ccc(-c8nc(-c9ccccc9)nc(-c9ccccc9)n8)cc7)ccc6nc4n5-c4ccccc4)cc3)n2)cc1. The molecule has 0 aliphatic carbocycles. The summed E-state index contributed by atoms with van der Waals surface area (Å²) in [6, 6.07) is 83.5. The van der Waals surface area contributed by atoms with Gasteiger partial charge in [-0.1, -0.05) is 200 Å². The van der Waals surface area contributed by atoms with Gasteiger partial charge in [-0.15, -0.1) is 0 Å². The van der Waals surface area contributed by atoms with E-state index in [0.717, 1.165) is 101 Å². The van der Waals surface area contributed by atoms with Crippen molar-refractivity contribution in [2.45, 2.75) is 0 Å². The van der Waals surface area contributed by atoms with E-state index >= 15 is 0 Å². The monoisotopic (exact) mass is 896 g/mol. The zero-order valence-corrected chi connectivity index (χ0v) is 37.7. The summed E-state index contributed by atoms with van der Waals surface area (Å²) in [6.07, 6.45) is 0. The number of para-hydroxylation sites is 1. The Morgan fingerprint density at radius 1 is 0.243 bits per heavy atom. The van der Waals surface area contributed by atoms with E-state index in [-0.39, 0.29) is 0 Å². The van der Waals surface area contributed by atoms with Crippen molar-refractivity contribution >= 4 is 27.8 Å². The average Bonchev–Trinajstić information content (AvgIpc) is 3.98. The topological polar surface area (TPSA) is 86.7 Å². The van der Waals surface area contributed by atoms with Gasteiger partial charge in [0.2, 0.25) is 5.78 Å². The molecule has 0 saturated heterocycles. The molecule has 0 bridgehead atoms. The minimum Gasteiger partial charge on any atom is -0.278 e. The van der Waals surface area contributed by atoms with E-state index in [1.54, 1.807) is 0 Å². The van der Waals surface area contributed by atoms with Crippen LogP contribution < -0.4 is 0 Å². The van der Waals surface area contributed by atoms with Crippen LogP contribution in [0.1, 0.15) is 0 Å². The zero-order chi connectivity index (χ0) is 46.4. The zero-order valence-electron chi connectivity index (χ0n) is 37.7. The second-order valence-corrected chi connectivity index (χ2v) is 17.2. The van der Waals surface area contributed by atoms with Crippen molar-refractivity contribution < 1.29 is 0 Å². The van der Waals surface area contributed by atoms with E-state index < -0.39 is 0 Å². The molecule has 0 aliphatic heterocycles. The Hall–Kier alpha value is -9.66. The highest BCUT2D eigenvalue weighted by atomic mass is 15.2. The van der Waals surface area contributed by atoms with Gasteiger partial charge in [0.15, 0.2) is 23.3 Å². The van der Waals surface area contributed by atoms with Crippen molar-refractivity contribution in [3.05, 3.63) is 243 Å². The molecule has 0 aliphatic rings. The number of fused-ring (bicyclic) bond motifs is 5. The van der Waals surface area contributed by atoms with Gasteiger partial charge in [-0.25, -0.2) is 29.9 Å². The highest BCUT2D eigenvalue weighted by molar-refractivity contribution is 5.96. The Morgan fingerprint density at radius 2 is 0.614 bits per heavy atom. The summed E-state index contributed by atoms with van der Waals surface area (Å²) in [5.41, 5.74) is 17.0. The molecule has 4 aromatic heterocycles. The molecule has 328 valence electrons. The van der Waals surface area contributed by atoms with Crippen LogP contribution >= 0.6 is 0 Å². The van der Waals surface area contributed by atoms with Crippen LogP contribution in [0.4, 0.5) is 0 Å². The van der Waals surface area contributed by atoms with Gasteiger partial charge >= 0.3 is 0 Å². The van der Waals surface area contributed by atoms with Crippen LogP contribution in [0.25, 0.3) is 124 Å². The lowest BCUT2D eigenvalue weighted by atomic mass is 10.0. The van der Waals surface area contributed by atoms with E-state index in [1.165, 1.54) is 0 Å². The van der Waals surface area contributed by atoms with E-state index in [4.69, 9.17) is 29.9 Å². The summed E-state index contributed by atoms with van der Waals surface area (Å²) < 4.78 is 4.54. The van der Waals surface area contributed by atoms with Gasteiger partial charge in [-0.3, -0.25) is 8.97 Å². The Bertz CT molecular complexity index is 3890. The molecule has 8 nitrogen and oxygen atoms in total. The molecule has 4 heterocycles. The fourth-order valence-corrected chi connectivity index (χ4v) is 9.29. The summed E-state index contributed by atoms with van der Waals surface area (Å²) in [5.74, 6) is 3.42. The Morgan fingerprint density at radius 3 is 1.10 bits per heavy atom. The molecule has 13 aromatic rings. The van der Waals surface area contributed by atoms with E-state index in [2.05, 4.69) is 148 Å². The molecular formula is C62H40N8. The molecular weight excluding hydrogens is 857 g/mol. The fraction of sp³-hybridized carbons (Fsp3) is 0. The molecule has 70 heavy (non-hydrogen) atoms. The number of nitrogens with zero attached hydrogens (tertiary/aromatic N) is 8. The molecule has 0 unspecified atom stereocenters. The first-order valence-electron chi connectivity index (χ1n) is 23.3. The summed E-state index contributed by atoms with van der Waals surface area (Å²) >= 11 is 0. The minimum absolute atomic E-state index is 0.620. The van der Waals surface area contributed by atoms with E-state index in [1.807, 2.05) is 103 Å². The van der Waals surface area contributed by atoms with Crippen molar-refractivity contribution in [3.63, 3.8) is 0 Å². The summed E-state index contributed by atoms with van der Waals surface area (Å²) in [4.78, 5) is 30.2. The lowest BCUT2D eigenvalue weighted by Gasteiger charge is -2.10. The maximum atomic E-state index is 5.28. The molecule has 0 saturated carbocycles. The maximum Gasteiger partial charge on any atom is 0.220 e. The number of imidazole rings is 2. The lowest BCUT2D eigenvalue weighted by molar-refractivity contribution is 1.07. The van der Waals surface area contributed by atoms with Crippen molar-refractivity contribution in [1.29, 1.82) is 0 Å². The van der Waals surface area contributed by atoms with Crippen molar-refractivity contribution in [1.82, 2.24) is 38.9 Å². The standard InChI is InChI=1S/C62H40N8/c1-6-16-43(17-7-1)53-40-54(44-18-8-2-9-19-44)64-58(63-53)47-30-26-42(27-31-47)50-35-37-55-57(39-50)70-56-38-49(34-36-52(56)65-62(70)69(55)51-24-14-5-15-25-51)41-28-32-48(33-29-41)61-67-59(45-20-10-3-11-21-45)66-60(68-61)46-22-12-4-13-23-46/h1-40H. The first-order valence-corrected chi connectivity index (χ1v) is 23.3.